The number of halogens is 1. The van der Waals surface area contributed by atoms with Gasteiger partial charge in [0.15, 0.2) is 5.65 Å². The number of anilines is 1. The number of fused-ring (bicyclic) bond motifs is 1. The van der Waals surface area contributed by atoms with Crippen LogP contribution in [0.4, 0.5) is 5.95 Å². The Balaban J connectivity index is 1.48. The number of sulfonamides is 1. The molecule has 0 aliphatic rings. The van der Waals surface area contributed by atoms with Crippen LogP contribution in [0.3, 0.4) is 0 Å². The number of nitrogens with one attached hydrogen (secondary N) is 3. The molecular formula is C19H17ClN6O3S. The van der Waals surface area contributed by atoms with Gasteiger partial charge < -0.3 is 5.32 Å². The number of benzene rings is 2. The van der Waals surface area contributed by atoms with Crippen LogP contribution >= 0.6 is 11.6 Å². The molecule has 3 N–H and O–H groups in total. The minimum Gasteiger partial charge on any atom is -0.354 e. The molecule has 11 heteroatoms. The first kappa shape index (κ1) is 20.1. The summed E-state index contributed by atoms with van der Waals surface area (Å²) >= 11 is 5.85. The molecular weight excluding hydrogens is 428 g/mol. The largest absolute Gasteiger partial charge is 0.354 e. The van der Waals surface area contributed by atoms with Crippen molar-refractivity contribution in [2.75, 3.05) is 18.4 Å². The SMILES string of the molecule is O=c1[nH]c(NCCNS(=O)(=O)c2cccc(Cl)c2)nc2c1cnn2-c1ccccc1. The zero-order valence-electron chi connectivity index (χ0n) is 15.5. The highest BCUT2D eigenvalue weighted by Crippen LogP contribution is 2.16. The summed E-state index contributed by atoms with van der Waals surface area (Å²) in [5, 5.41) is 7.85. The second-order valence-electron chi connectivity index (χ2n) is 6.33. The molecule has 0 aliphatic carbocycles. The Morgan fingerprint density at radius 2 is 1.87 bits per heavy atom. The Morgan fingerprint density at radius 1 is 1.07 bits per heavy atom. The minimum atomic E-state index is -3.69. The van der Waals surface area contributed by atoms with Gasteiger partial charge in [-0.3, -0.25) is 9.78 Å². The van der Waals surface area contributed by atoms with Crippen LogP contribution in [0.5, 0.6) is 0 Å². The third-order valence-electron chi connectivity index (χ3n) is 4.25. The predicted molar refractivity (Wildman–Crippen MR) is 115 cm³/mol. The Bertz CT molecular complexity index is 1350. The van der Waals surface area contributed by atoms with E-state index in [2.05, 4.69) is 25.1 Å². The summed E-state index contributed by atoms with van der Waals surface area (Å²) in [5.41, 5.74) is 0.821. The van der Waals surface area contributed by atoms with Gasteiger partial charge in [-0.25, -0.2) is 17.8 Å². The van der Waals surface area contributed by atoms with Crippen molar-refractivity contribution in [1.82, 2.24) is 24.5 Å². The van der Waals surface area contributed by atoms with Gasteiger partial charge in [0.25, 0.3) is 5.56 Å². The fraction of sp³-hybridized carbons (Fsp3) is 0.105. The molecule has 9 nitrogen and oxygen atoms in total. The standard InChI is InChI=1S/C19H17ClN6O3S/c20-13-5-4-8-15(11-13)30(28,29)23-10-9-21-19-24-17-16(18(27)25-19)12-22-26(17)14-6-2-1-3-7-14/h1-8,11-12,23H,9-10H2,(H2,21,24,25,27). The minimum absolute atomic E-state index is 0.0779. The lowest BCUT2D eigenvalue weighted by molar-refractivity contribution is 0.583. The van der Waals surface area contributed by atoms with Crippen molar-refractivity contribution in [3.8, 4) is 5.69 Å². The third kappa shape index (κ3) is 4.20. The van der Waals surface area contributed by atoms with E-state index in [1.807, 2.05) is 30.3 Å². The van der Waals surface area contributed by atoms with Crippen LogP contribution in [0.25, 0.3) is 16.7 Å². The average molecular weight is 445 g/mol. The fourth-order valence-corrected chi connectivity index (χ4v) is 4.18. The fourth-order valence-electron chi connectivity index (χ4n) is 2.84. The van der Waals surface area contributed by atoms with E-state index in [-0.39, 0.29) is 29.5 Å². The van der Waals surface area contributed by atoms with E-state index in [0.29, 0.717) is 16.1 Å². The van der Waals surface area contributed by atoms with E-state index >= 15 is 0 Å². The van der Waals surface area contributed by atoms with Gasteiger partial charge in [-0.2, -0.15) is 10.1 Å². The topological polar surface area (TPSA) is 122 Å². The molecule has 30 heavy (non-hydrogen) atoms. The van der Waals surface area contributed by atoms with E-state index in [9.17, 15) is 13.2 Å². The molecule has 0 saturated heterocycles. The van der Waals surface area contributed by atoms with Gasteiger partial charge in [-0.15, -0.1) is 0 Å². The predicted octanol–water partition coefficient (Wildman–Crippen LogP) is 2.15. The zero-order chi connectivity index (χ0) is 21.1. The van der Waals surface area contributed by atoms with Crippen LogP contribution in [0.15, 0.2) is 70.5 Å². The maximum Gasteiger partial charge on any atom is 0.263 e. The second-order valence-corrected chi connectivity index (χ2v) is 8.53. The van der Waals surface area contributed by atoms with Crippen LogP contribution in [0, 0.1) is 0 Å². The van der Waals surface area contributed by atoms with Crippen molar-refractivity contribution in [3.63, 3.8) is 0 Å². The summed E-state index contributed by atoms with van der Waals surface area (Å²) in [4.78, 5) is 19.5. The zero-order valence-corrected chi connectivity index (χ0v) is 17.1. The maximum atomic E-state index is 12.3. The number of hydrogen-bond acceptors (Lipinski definition) is 6. The smallest absolute Gasteiger partial charge is 0.263 e. The van der Waals surface area contributed by atoms with Gasteiger partial charge >= 0.3 is 0 Å². The molecule has 154 valence electrons. The van der Waals surface area contributed by atoms with Gasteiger partial charge in [-0.05, 0) is 30.3 Å². The molecule has 0 aliphatic heterocycles. The normalized spacial score (nSPS) is 11.6. The molecule has 0 spiro atoms. The lowest BCUT2D eigenvalue weighted by Gasteiger charge is -2.09. The summed E-state index contributed by atoms with van der Waals surface area (Å²) in [5.74, 6) is 0.215. The number of aromatic amines is 1. The van der Waals surface area contributed by atoms with Crippen LogP contribution < -0.4 is 15.6 Å². The molecule has 0 atom stereocenters. The number of aromatic nitrogens is 4. The highest BCUT2D eigenvalue weighted by atomic mass is 35.5. The molecule has 2 aromatic carbocycles. The first-order valence-corrected chi connectivity index (χ1v) is 10.8. The molecule has 4 rings (SSSR count). The Labute approximate surface area is 176 Å². The summed E-state index contributed by atoms with van der Waals surface area (Å²) < 4.78 is 28.7. The van der Waals surface area contributed by atoms with E-state index in [4.69, 9.17) is 11.6 Å². The molecule has 0 amide bonds. The van der Waals surface area contributed by atoms with Gasteiger partial charge in [0.1, 0.15) is 5.39 Å². The van der Waals surface area contributed by atoms with Crippen molar-refractivity contribution in [2.24, 2.45) is 0 Å². The van der Waals surface area contributed by atoms with Gasteiger partial charge in [0.05, 0.1) is 16.8 Å². The molecule has 0 fully saturated rings. The Kier molecular flexibility index (Phi) is 5.53. The second kappa shape index (κ2) is 8.27. The maximum absolute atomic E-state index is 12.3. The van der Waals surface area contributed by atoms with Crippen LogP contribution in [0.2, 0.25) is 5.02 Å². The summed E-state index contributed by atoms with van der Waals surface area (Å²) in [7, 11) is -3.69. The third-order valence-corrected chi connectivity index (χ3v) is 5.95. The first-order valence-electron chi connectivity index (χ1n) is 8.97. The quantitative estimate of drug-likeness (QED) is 0.375. The molecule has 2 aromatic heterocycles. The molecule has 2 heterocycles. The van der Waals surface area contributed by atoms with Crippen molar-refractivity contribution >= 4 is 38.6 Å². The monoisotopic (exact) mass is 444 g/mol. The van der Waals surface area contributed by atoms with E-state index in [1.165, 1.54) is 18.3 Å². The van der Waals surface area contributed by atoms with Crippen molar-refractivity contribution in [2.45, 2.75) is 4.90 Å². The van der Waals surface area contributed by atoms with E-state index < -0.39 is 10.0 Å². The lowest BCUT2D eigenvalue weighted by Crippen LogP contribution is -2.29. The van der Waals surface area contributed by atoms with Crippen LogP contribution in [0.1, 0.15) is 0 Å². The number of hydrogen-bond donors (Lipinski definition) is 3. The highest BCUT2D eigenvalue weighted by molar-refractivity contribution is 7.89. The average Bonchev–Trinajstić information content (AvgIpc) is 3.16. The highest BCUT2D eigenvalue weighted by Gasteiger charge is 2.14. The molecule has 0 unspecified atom stereocenters. The van der Waals surface area contributed by atoms with Gasteiger partial charge in [0, 0.05) is 18.1 Å². The summed E-state index contributed by atoms with van der Waals surface area (Å²) in [6.45, 7) is 0.280. The first-order chi connectivity index (χ1) is 14.4. The van der Waals surface area contributed by atoms with Crippen molar-refractivity contribution < 1.29 is 8.42 Å². The molecule has 0 bridgehead atoms. The summed E-state index contributed by atoms with van der Waals surface area (Å²) in [6.07, 6.45) is 1.46. The summed E-state index contributed by atoms with van der Waals surface area (Å²) in [6, 6.07) is 15.3. The van der Waals surface area contributed by atoms with Crippen molar-refractivity contribution in [1.29, 1.82) is 0 Å². The number of H-pyrrole nitrogens is 1. The Morgan fingerprint density at radius 3 is 2.63 bits per heavy atom. The lowest BCUT2D eigenvalue weighted by atomic mass is 10.3. The van der Waals surface area contributed by atoms with Gasteiger partial charge in [-0.1, -0.05) is 35.9 Å². The van der Waals surface area contributed by atoms with Crippen molar-refractivity contribution in [3.05, 3.63) is 76.2 Å². The molecule has 4 aromatic rings. The number of rotatable bonds is 7. The molecule has 0 radical (unpaired) electrons. The molecule has 0 saturated carbocycles. The van der Waals surface area contributed by atoms with Crippen LogP contribution in [-0.4, -0.2) is 41.3 Å². The van der Waals surface area contributed by atoms with E-state index in [1.54, 1.807) is 16.8 Å². The van der Waals surface area contributed by atoms with E-state index in [0.717, 1.165) is 5.69 Å². The van der Waals surface area contributed by atoms with Gasteiger partial charge in [0.2, 0.25) is 16.0 Å². The number of nitrogens with zero attached hydrogens (tertiary/aromatic N) is 3. The Hall–Kier alpha value is -3.21. The number of para-hydroxylation sites is 1. The van der Waals surface area contributed by atoms with Crippen LogP contribution in [-0.2, 0) is 10.0 Å².